The van der Waals surface area contributed by atoms with Crippen LogP contribution >= 0.6 is 0 Å². The van der Waals surface area contributed by atoms with Gasteiger partial charge in [0, 0.05) is 30.8 Å². The van der Waals surface area contributed by atoms with Crippen LogP contribution in [0, 0.1) is 12.8 Å². The highest BCUT2D eigenvalue weighted by Gasteiger charge is 2.43. The summed E-state index contributed by atoms with van der Waals surface area (Å²) >= 11 is 0. The monoisotopic (exact) mass is 269 g/mol. The molecule has 1 aromatic carbocycles. The molecular formula is C16H19N3O. The molecule has 1 fully saturated rings. The number of nitrogens with one attached hydrogen (secondary N) is 1. The minimum absolute atomic E-state index is 0.134. The van der Waals surface area contributed by atoms with Crippen molar-refractivity contribution in [3.05, 3.63) is 53.3 Å². The molecule has 0 bridgehead atoms. The molecule has 104 valence electrons. The predicted octanol–water partition coefficient (Wildman–Crippen LogP) is 2.15. The summed E-state index contributed by atoms with van der Waals surface area (Å²) in [6.07, 6.45) is 2.78. The topological polar surface area (TPSA) is 46.9 Å². The Bertz CT molecular complexity index is 618. The van der Waals surface area contributed by atoms with Crippen molar-refractivity contribution in [1.29, 1.82) is 0 Å². The maximum atomic E-state index is 12.1. The number of amides is 1. The van der Waals surface area contributed by atoms with Gasteiger partial charge in [0.05, 0.1) is 6.20 Å². The Labute approximate surface area is 118 Å². The second-order valence-corrected chi connectivity index (χ2v) is 5.46. The number of carbonyl (C=O) groups excluding carboxylic acids is 1. The molecule has 0 saturated heterocycles. The van der Waals surface area contributed by atoms with Crippen molar-refractivity contribution in [2.24, 2.45) is 13.0 Å². The third-order valence-corrected chi connectivity index (χ3v) is 4.14. The number of hydrogen-bond donors (Lipinski definition) is 1. The van der Waals surface area contributed by atoms with Crippen molar-refractivity contribution in [1.82, 2.24) is 15.1 Å². The quantitative estimate of drug-likeness (QED) is 0.924. The number of rotatable bonds is 4. The van der Waals surface area contributed by atoms with Gasteiger partial charge in [-0.1, -0.05) is 30.3 Å². The SMILES string of the molecule is Cc1c(CNC(=O)[C@@H]2C[C@@H]2c2ccccc2)cnn1C. The van der Waals surface area contributed by atoms with Gasteiger partial charge in [-0.05, 0) is 24.8 Å². The van der Waals surface area contributed by atoms with E-state index in [2.05, 4.69) is 22.5 Å². The van der Waals surface area contributed by atoms with Crippen LogP contribution in [0.15, 0.2) is 36.5 Å². The standard InChI is InChI=1S/C16H19N3O/c1-11-13(10-18-19(11)2)9-17-16(20)15-8-14(15)12-6-4-3-5-7-12/h3-7,10,14-15H,8-9H2,1-2H3,(H,17,20)/t14-,15-/m1/s1. The minimum Gasteiger partial charge on any atom is -0.352 e. The summed E-state index contributed by atoms with van der Waals surface area (Å²) in [5.41, 5.74) is 3.45. The van der Waals surface area contributed by atoms with Crippen LogP contribution in [0.5, 0.6) is 0 Å². The van der Waals surface area contributed by atoms with Crippen LogP contribution in [0.1, 0.15) is 29.2 Å². The highest BCUT2D eigenvalue weighted by atomic mass is 16.2. The number of carbonyl (C=O) groups is 1. The summed E-state index contributed by atoms with van der Waals surface area (Å²) in [5, 5.41) is 7.21. The maximum Gasteiger partial charge on any atom is 0.224 e. The fourth-order valence-electron chi connectivity index (χ4n) is 2.58. The first kappa shape index (κ1) is 12.9. The van der Waals surface area contributed by atoms with Crippen LogP contribution < -0.4 is 5.32 Å². The van der Waals surface area contributed by atoms with Crippen molar-refractivity contribution in [2.45, 2.75) is 25.8 Å². The molecule has 2 aromatic rings. The summed E-state index contributed by atoms with van der Waals surface area (Å²) in [4.78, 5) is 12.1. The Kier molecular flexibility index (Phi) is 3.30. The van der Waals surface area contributed by atoms with Gasteiger partial charge in [0.2, 0.25) is 5.91 Å². The third kappa shape index (κ3) is 2.46. The molecule has 20 heavy (non-hydrogen) atoms. The number of nitrogens with zero attached hydrogens (tertiary/aromatic N) is 2. The zero-order chi connectivity index (χ0) is 14.1. The van der Waals surface area contributed by atoms with E-state index < -0.39 is 0 Å². The molecule has 1 aliphatic rings. The molecule has 1 N–H and O–H groups in total. The summed E-state index contributed by atoms with van der Waals surface area (Å²) in [5.74, 6) is 0.683. The first-order valence-electron chi connectivity index (χ1n) is 6.97. The van der Waals surface area contributed by atoms with Crippen molar-refractivity contribution in [3.8, 4) is 0 Å². The van der Waals surface area contributed by atoms with E-state index in [-0.39, 0.29) is 11.8 Å². The smallest absolute Gasteiger partial charge is 0.224 e. The van der Waals surface area contributed by atoms with Crippen LogP contribution in [0.25, 0.3) is 0 Å². The summed E-state index contributed by atoms with van der Waals surface area (Å²) in [6, 6.07) is 10.3. The Morgan fingerprint density at radius 1 is 1.40 bits per heavy atom. The first-order valence-corrected chi connectivity index (χ1v) is 6.97. The van der Waals surface area contributed by atoms with Crippen molar-refractivity contribution >= 4 is 5.91 Å². The largest absolute Gasteiger partial charge is 0.352 e. The lowest BCUT2D eigenvalue weighted by atomic mass is 10.1. The van der Waals surface area contributed by atoms with E-state index >= 15 is 0 Å². The summed E-state index contributed by atoms with van der Waals surface area (Å²) in [6.45, 7) is 2.58. The van der Waals surface area contributed by atoms with E-state index in [4.69, 9.17) is 0 Å². The zero-order valence-electron chi connectivity index (χ0n) is 11.8. The lowest BCUT2D eigenvalue weighted by molar-refractivity contribution is -0.122. The molecule has 1 aromatic heterocycles. The number of hydrogen-bond acceptors (Lipinski definition) is 2. The van der Waals surface area contributed by atoms with E-state index in [1.807, 2.05) is 43.0 Å². The van der Waals surface area contributed by atoms with E-state index in [1.54, 1.807) is 0 Å². The average molecular weight is 269 g/mol. The van der Waals surface area contributed by atoms with Gasteiger partial charge >= 0.3 is 0 Å². The van der Waals surface area contributed by atoms with Crippen LogP contribution in [0.3, 0.4) is 0 Å². The number of aryl methyl sites for hydroxylation is 1. The molecule has 1 heterocycles. The highest BCUT2D eigenvalue weighted by Crippen LogP contribution is 2.47. The molecule has 3 rings (SSSR count). The number of aromatic nitrogens is 2. The summed E-state index contributed by atoms with van der Waals surface area (Å²) < 4.78 is 1.82. The second kappa shape index (κ2) is 5.12. The highest BCUT2D eigenvalue weighted by molar-refractivity contribution is 5.82. The summed E-state index contributed by atoms with van der Waals surface area (Å²) in [7, 11) is 1.91. The molecule has 2 atom stereocenters. The molecule has 0 radical (unpaired) electrons. The van der Waals surface area contributed by atoms with Gasteiger partial charge in [-0.2, -0.15) is 5.10 Å². The lowest BCUT2D eigenvalue weighted by Crippen LogP contribution is -2.25. The molecule has 0 aliphatic heterocycles. The Morgan fingerprint density at radius 2 is 2.15 bits per heavy atom. The maximum absolute atomic E-state index is 12.1. The fourth-order valence-corrected chi connectivity index (χ4v) is 2.58. The molecule has 4 heteroatoms. The third-order valence-electron chi connectivity index (χ3n) is 4.14. The van der Waals surface area contributed by atoms with Crippen LogP contribution in [-0.4, -0.2) is 15.7 Å². The molecule has 1 amide bonds. The molecule has 1 aliphatic carbocycles. The molecular weight excluding hydrogens is 250 g/mol. The minimum atomic E-state index is 0.134. The van der Waals surface area contributed by atoms with Crippen LogP contribution in [0.4, 0.5) is 0 Å². The number of benzene rings is 1. The Balaban J connectivity index is 1.55. The Morgan fingerprint density at radius 3 is 2.80 bits per heavy atom. The normalized spacial score (nSPS) is 20.7. The zero-order valence-corrected chi connectivity index (χ0v) is 11.8. The van der Waals surface area contributed by atoms with E-state index in [9.17, 15) is 4.79 Å². The second-order valence-electron chi connectivity index (χ2n) is 5.46. The van der Waals surface area contributed by atoms with Gasteiger partial charge in [-0.25, -0.2) is 0 Å². The lowest BCUT2D eigenvalue weighted by Gasteiger charge is -2.05. The molecule has 4 nitrogen and oxygen atoms in total. The predicted molar refractivity (Wildman–Crippen MR) is 77.1 cm³/mol. The van der Waals surface area contributed by atoms with Gasteiger partial charge in [-0.15, -0.1) is 0 Å². The van der Waals surface area contributed by atoms with Crippen molar-refractivity contribution < 1.29 is 4.79 Å². The first-order chi connectivity index (χ1) is 9.66. The van der Waals surface area contributed by atoms with E-state index in [0.717, 1.165) is 17.7 Å². The van der Waals surface area contributed by atoms with E-state index in [0.29, 0.717) is 12.5 Å². The van der Waals surface area contributed by atoms with Crippen LogP contribution in [0.2, 0.25) is 0 Å². The van der Waals surface area contributed by atoms with Gasteiger partial charge in [0.25, 0.3) is 0 Å². The van der Waals surface area contributed by atoms with Gasteiger partial charge in [-0.3, -0.25) is 9.48 Å². The molecule has 0 unspecified atom stereocenters. The van der Waals surface area contributed by atoms with Crippen LogP contribution in [-0.2, 0) is 18.4 Å². The van der Waals surface area contributed by atoms with Gasteiger partial charge in [0.15, 0.2) is 0 Å². The van der Waals surface area contributed by atoms with Gasteiger partial charge in [0.1, 0.15) is 0 Å². The molecule has 0 spiro atoms. The van der Waals surface area contributed by atoms with Gasteiger partial charge < -0.3 is 5.32 Å². The average Bonchev–Trinajstić information content (AvgIpc) is 3.21. The van der Waals surface area contributed by atoms with E-state index in [1.165, 1.54) is 5.56 Å². The Hall–Kier alpha value is -2.10. The fraction of sp³-hybridized carbons (Fsp3) is 0.375. The van der Waals surface area contributed by atoms with Crippen molar-refractivity contribution in [3.63, 3.8) is 0 Å². The van der Waals surface area contributed by atoms with Crippen molar-refractivity contribution in [2.75, 3.05) is 0 Å². The molecule has 1 saturated carbocycles.